The Balaban J connectivity index is 1.86. The number of rotatable bonds is 4. The molecule has 2 aliphatic heterocycles. The Labute approximate surface area is 152 Å². The average molecular weight is 357 g/mol. The zero-order chi connectivity index (χ0) is 18.7. The number of benzene rings is 1. The van der Waals surface area contributed by atoms with Gasteiger partial charge in [-0.05, 0) is 31.0 Å². The monoisotopic (exact) mass is 357 g/mol. The predicted octanol–water partition coefficient (Wildman–Crippen LogP) is 0.268. The molecular weight excluding hydrogens is 334 g/mol. The van der Waals surface area contributed by atoms with E-state index in [9.17, 15) is 14.4 Å². The molecule has 0 bridgehead atoms. The van der Waals surface area contributed by atoms with E-state index in [1.807, 2.05) is 25.1 Å². The second-order valence-corrected chi connectivity index (χ2v) is 6.49. The van der Waals surface area contributed by atoms with E-state index in [1.165, 1.54) is 0 Å². The number of aryl methyl sites for hydroxylation is 1. The van der Waals surface area contributed by atoms with Crippen LogP contribution >= 0.6 is 0 Å². The molecule has 2 N–H and O–H groups in total. The zero-order valence-corrected chi connectivity index (χ0v) is 14.8. The first-order valence-corrected chi connectivity index (χ1v) is 8.71. The Morgan fingerprint density at radius 2 is 2.04 bits per heavy atom. The number of amides is 3. The summed E-state index contributed by atoms with van der Waals surface area (Å²) < 4.78 is 0. The Kier molecular flexibility index (Phi) is 5.32. The van der Waals surface area contributed by atoms with Crippen LogP contribution in [0.25, 0.3) is 0 Å². The maximum Gasteiger partial charge on any atom is 0.275 e. The Hall–Kier alpha value is -2.74. The van der Waals surface area contributed by atoms with Gasteiger partial charge in [-0.15, -0.1) is 0 Å². The molecular formula is C18H23N5O3. The van der Waals surface area contributed by atoms with E-state index < -0.39 is 11.9 Å². The number of hydrazone groups is 1. The molecule has 2 fully saturated rings. The van der Waals surface area contributed by atoms with Crippen LogP contribution in [0.5, 0.6) is 0 Å². The highest BCUT2D eigenvalue weighted by Gasteiger charge is 2.35. The number of hydrogen-bond acceptors (Lipinski definition) is 6. The van der Waals surface area contributed by atoms with E-state index >= 15 is 0 Å². The number of imide groups is 1. The van der Waals surface area contributed by atoms with Gasteiger partial charge < -0.3 is 10.2 Å². The van der Waals surface area contributed by atoms with Gasteiger partial charge in [0.1, 0.15) is 6.04 Å². The fourth-order valence-corrected chi connectivity index (χ4v) is 3.30. The molecule has 8 heteroatoms. The van der Waals surface area contributed by atoms with Gasteiger partial charge in [0.15, 0.2) is 0 Å². The standard InChI is InChI=1S/C18H23N5O3/c1-12-3-4-13(22-9-7-20-8-10-22)11-14(12)18(26)23(19-2)15-5-6-16(24)21-17(15)25/h3-4,11,15,20H,2,5-10H2,1H3,(H,21,24,25). The molecule has 3 rings (SSSR count). The summed E-state index contributed by atoms with van der Waals surface area (Å²) in [6, 6.07) is 4.92. The van der Waals surface area contributed by atoms with Gasteiger partial charge in [0, 0.05) is 50.6 Å². The molecule has 2 aliphatic rings. The lowest BCUT2D eigenvalue weighted by Gasteiger charge is -2.31. The summed E-state index contributed by atoms with van der Waals surface area (Å²) in [6.07, 6.45) is 0.418. The molecule has 1 aromatic rings. The number of nitrogens with zero attached hydrogens (tertiary/aromatic N) is 3. The second kappa shape index (κ2) is 7.65. The predicted molar refractivity (Wildman–Crippen MR) is 98.2 cm³/mol. The van der Waals surface area contributed by atoms with Crippen LogP contribution in [0.4, 0.5) is 5.69 Å². The van der Waals surface area contributed by atoms with Crippen molar-refractivity contribution in [3.63, 3.8) is 0 Å². The number of nitrogens with one attached hydrogen (secondary N) is 2. The van der Waals surface area contributed by atoms with Crippen molar-refractivity contribution in [2.75, 3.05) is 31.1 Å². The topological polar surface area (TPSA) is 94.1 Å². The third kappa shape index (κ3) is 3.60. The van der Waals surface area contributed by atoms with Gasteiger partial charge in [-0.2, -0.15) is 5.10 Å². The van der Waals surface area contributed by atoms with Crippen molar-refractivity contribution >= 4 is 30.1 Å². The van der Waals surface area contributed by atoms with Crippen LogP contribution in [0, 0.1) is 6.92 Å². The van der Waals surface area contributed by atoms with E-state index in [0.29, 0.717) is 5.56 Å². The molecule has 1 atom stereocenters. The molecule has 0 spiro atoms. The third-order valence-electron chi connectivity index (χ3n) is 4.80. The van der Waals surface area contributed by atoms with E-state index in [0.717, 1.165) is 42.4 Å². The lowest BCUT2D eigenvalue weighted by atomic mass is 10.0. The number of carbonyl (C=O) groups is 3. The van der Waals surface area contributed by atoms with Gasteiger partial charge in [-0.25, -0.2) is 5.01 Å². The summed E-state index contributed by atoms with van der Waals surface area (Å²) in [5.41, 5.74) is 2.25. The van der Waals surface area contributed by atoms with Crippen molar-refractivity contribution in [3.8, 4) is 0 Å². The molecule has 26 heavy (non-hydrogen) atoms. The SMILES string of the molecule is C=NN(C(=O)c1cc(N2CCNCC2)ccc1C)C1CCC(=O)NC1=O. The van der Waals surface area contributed by atoms with Crippen LogP contribution in [0.1, 0.15) is 28.8 Å². The largest absolute Gasteiger partial charge is 0.369 e. The highest BCUT2D eigenvalue weighted by molar-refractivity contribution is 6.04. The summed E-state index contributed by atoms with van der Waals surface area (Å²) in [5, 5.41) is 10.4. The number of piperazine rings is 1. The molecule has 0 saturated carbocycles. The van der Waals surface area contributed by atoms with Crippen LogP contribution in [0.2, 0.25) is 0 Å². The molecule has 3 amide bonds. The first kappa shape index (κ1) is 18.1. The molecule has 1 aromatic carbocycles. The smallest absolute Gasteiger partial charge is 0.275 e. The van der Waals surface area contributed by atoms with Gasteiger partial charge in [-0.3, -0.25) is 19.7 Å². The molecule has 2 heterocycles. The molecule has 8 nitrogen and oxygen atoms in total. The molecule has 0 aliphatic carbocycles. The van der Waals surface area contributed by atoms with Gasteiger partial charge in [0.05, 0.1) is 0 Å². The molecule has 2 saturated heterocycles. The quantitative estimate of drug-likeness (QED) is 0.458. The second-order valence-electron chi connectivity index (χ2n) is 6.49. The van der Waals surface area contributed by atoms with E-state index in [1.54, 1.807) is 0 Å². The minimum Gasteiger partial charge on any atom is -0.369 e. The minimum absolute atomic E-state index is 0.176. The average Bonchev–Trinajstić information content (AvgIpc) is 2.65. The van der Waals surface area contributed by atoms with Crippen LogP contribution in [0.3, 0.4) is 0 Å². The number of piperidine rings is 1. The number of hydrogen-bond donors (Lipinski definition) is 2. The van der Waals surface area contributed by atoms with Crippen LogP contribution in [0.15, 0.2) is 23.3 Å². The van der Waals surface area contributed by atoms with Gasteiger partial charge in [0.25, 0.3) is 11.8 Å². The van der Waals surface area contributed by atoms with Crippen LogP contribution in [-0.4, -0.2) is 61.7 Å². The van der Waals surface area contributed by atoms with Crippen LogP contribution in [-0.2, 0) is 9.59 Å². The zero-order valence-electron chi connectivity index (χ0n) is 14.8. The maximum absolute atomic E-state index is 13.1. The van der Waals surface area contributed by atoms with Gasteiger partial charge in [-0.1, -0.05) is 6.07 Å². The van der Waals surface area contributed by atoms with Gasteiger partial charge in [0.2, 0.25) is 5.91 Å². The van der Waals surface area contributed by atoms with E-state index in [-0.39, 0.29) is 24.7 Å². The number of carbonyl (C=O) groups excluding carboxylic acids is 3. The minimum atomic E-state index is -0.819. The normalized spacial score (nSPS) is 20.5. The van der Waals surface area contributed by atoms with Crippen molar-refractivity contribution in [2.24, 2.45) is 5.10 Å². The first-order chi connectivity index (χ1) is 12.5. The lowest BCUT2D eigenvalue weighted by Crippen LogP contribution is -2.52. The maximum atomic E-state index is 13.1. The van der Waals surface area contributed by atoms with E-state index in [2.05, 4.69) is 27.4 Å². The summed E-state index contributed by atoms with van der Waals surface area (Å²) >= 11 is 0. The summed E-state index contributed by atoms with van der Waals surface area (Å²) in [5.74, 6) is -1.23. The summed E-state index contributed by atoms with van der Waals surface area (Å²) in [4.78, 5) is 38.7. The summed E-state index contributed by atoms with van der Waals surface area (Å²) in [6.45, 7) is 8.83. The fraction of sp³-hybridized carbons (Fsp3) is 0.444. The Morgan fingerprint density at radius 1 is 1.31 bits per heavy atom. The summed E-state index contributed by atoms with van der Waals surface area (Å²) in [7, 11) is 0. The molecule has 0 aromatic heterocycles. The van der Waals surface area contributed by atoms with E-state index in [4.69, 9.17) is 0 Å². The van der Waals surface area contributed by atoms with Crippen molar-refractivity contribution in [1.82, 2.24) is 15.6 Å². The lowest BCUT2D eigenvalue weighted by molar-refractivity contribution is -0.136. The highest BCUT2D eigenvalue weighted by Crippen LogP contribution is 2.23. The van der Waals surface area contributed by atoms with Crippen molar-refractivity contribution in [3.05, 3.63) is 29.3 Å². The fourth-order valence-electron chi connectivity index (χ4n) is 3.30. The highest BCUT2D eigenvalue weighted by atomic mass is 16.2. The van der Waals surface area contributed by atoms with Crippen molar-refractivity contribution < 1.29 is 14.4 Å². The Morgan fingerprint density at radius 3 is 2.69 bits per heavy atom. The number of anilines is 1. The molecule has 138 valence electrons. The first-order valence-electron chi connectivity index (χ1n) is 8.71. The molecule has 1 unspecified atom stereocenters. The van der Waals surface area contributed by atoms with Gasteiger partial charge >= 0.3 is 0 Å². The third-order valence-corrected chi connectivity index (χ3v) is 4.80. The van der Waals surface area contributed by atoms with Crippen LogP contribution < -0.4 is 15.5 Å². The Bertz CT molecular complexity index is 742. The molecule has 0 radical (unpaired) electrons. The van der Waals surface area contributed by atoms with Crippen molar-refractivity contribution in [1.29, 1.82) is 0 Å². The van der Waals surface area contributed by atoms with Crippen molar-refractivity contribution in [2.45, 2.75) is 25.8 Å².